The van der Waals surface area contributed by atoms with Crippen LogP contribution in [0.3, 0.4) is 0 Å². The van der Waals surface area contributed by atoms with Crippen LogP contribution >= 0.6 is 11.3 Å². The fraction of sp³-hybridized carbons (Fsp3) is 0.353. The molecule has 1 heterocycles. The summed E-state index contributed by atoms with van der Waals surface area (Å²) in [6.45, 7) is 4.21. The van der Waals surface area contributed by atoms with Gasteiger partial charge in [0.2, 0.25) is 5.13 Å². The molecule has 144 valence electrons. The molecular formula is C17H20N4O5S. The fourth-order valence-electron chi connectivity index (χ4n) is 2.14. The highest BCUT2D eigenvalue weighted by Gasteiger charge is 2.17. The van der Waals surface area contributed by atoms with Crippen LogP contribution in [0.4, 0.5) is 10.8 Å². The standard InChI is InChI=1S/C17H20N4O5S/c1-4-8-26-14-7-6-11(9-13(14)21(23)24)10-18-20-17-19-12(5-2)15(27-17)16(22)25-3/h6-7,9-10H,4-5,8H2,1-3H3,(H,19,20)/b18-10-. The van der Waals surface area contributed by atoms with Gasteiger partial charge in [-0.25, -0.2) is 9.78 Å². The maximum absolute atomic E-state index is 11.7. The third-order valence-corrected chi connectivity index (χ3v) is 4.40. The van der Waals surface area contributed by atoms with Crippen LogP contribution in [0.2, 0.25) is 0 Å². The Morgan fingerprint density at radius 3 is 2.85 bits per heavy atom. The van der Waals surface area contributed by atoms with Gasteiger partial charge in [-0.05, 0) is 25.0 Å². The first-order chi connectivity index (χ1) is 13.0. The molecule has 0 radical (unpaired) electrons. The van der Waals surface area contributed by atoms with Crippen molar-refractivity contribution in [3.63, 3.8) is 0 Å². The number of esters is 1. The molecular weight excluding hydrogens is 372 g/mol. The van der Waals surface area contributed by atoms with Crippen LogP contribution in [0.5, 0.6) is 5.75 Å². The van der Waals surface area contributed by atoms with Crippen molar-refractivity contribution >= 4 is 34.3 Å². The summed E-state index contributed by atoms with van der Waals surface area (Å²) in [6, 6.07) is 4.60. The predicted molar refractivity (Wildman–Crippen MR) is 103 cm³/mol. The molecule has 0 aliphatic carbocycles. The van der Waals surface area contributed by atoms with Crippen LogP contribution in [-0.2, 0) is 11.2 Å². The molecule has 0 aliphatic rings. The molecule has 1 aromatic heterocycles. The fourth-order valence-corrected chi connectivity index (χ4v) is 3.07. The highest BCUT2D eigenvalue weighted by molar-refractivity contribution is 7.17. The maximum atomic E-state index is 11.7. The Morgan fingerprint density at radius 2 is 2.22 bits per heavy atom. The molecule has 0 atom stereocenters. The van der Waals surface area contributed by atoms with Crippen molar-refractivity contribution in [1.82, 2.24) is 4.98 Å². The van der Waals surface area contributed by atoms with Crippen molar-refractivity contribution in [1.29, 1.82) is 0 Å². The molecule has 0 bridgehead atoms. The predicted octanol–water partition coefficient (Wildman–Crippen LogP) is 3.64. The summed E-state index contributed by atoms with van der Waals surface area (Å²) in [5, 5.41) is 15.7. The molecule has 10 heteroatoms. The number of rotatable bonds is 9. The van der Waals surface area contributed by atoms with Gasteiger partial charge >= 0.3 is 11.7 Å². The first-order valence-electron chi connectivity index (χ1n) is 8.28. The Bertz CT molecular complexity index is 850. The van der Waals surface area contributed by atoms with Gasteiger partial charge in [0.1, 0.15) is 4.88 Å². The van der Waals surface area contributed by atoms with Crippen LogP contribution < -0.4 is 10.2 Å². The lowest BCUT2D eigenvalue weighted by Crippen LogP contribution is -2.01. The second kappa shape index (κ2) is 9.62. The smallest absolute Gasteiger partial charge is 0.350 e. The first kappa shape index (κ1) is 20.3. The number of hydrazone groups is 1. The summed E-state index contributed by atoms with van der Waals surface area (Å²) < 4.78 is 10.1. The van der Waals surface area contributed by atoms with E-state index in [0.29, 0.717) is 34.3 Å². The van der Waals surface area contributed by atoms with E-state index in [0.717, 1.165) is 17.8 Å². The molecule has 9 nitrogen and oxygen atoms in total. The van der Waals surface area contributed by atoms with Crippen LogP contribution in [-0.4, -0.2) is 35.8 Å². The van der Waals surface area contributed by atoms with E-state index in [1.165, 1.54) is 19.4 Å². The molecule has 1 N–H and O–H groups in total. The number of aryl methyl sites for hydroxylation is 1. The average molecular weight is 392 g/mol. The van der Waals surface area contributed by atoms with E-state index in [9.17, 15) is 14.9 Å². The van der Waals surface area contributed by atoms with Crippen LogP contribution in [0, 0.1) is 10.1 Å². The molecule has 0 fully saturated rings. The summed E-state index contributed by atoms with van der Waals surface area (Å²) in [5.41, 5.74) is 3.76. The van der Waals surface area contributed by atoms with Crippen molar-refractivity contribution in [2.24, 2.45) is 5.10 Å². The van der Waals surface area contributed by atoms with Gasteiger partial charge in [0.15, 0.2) is 5.75 Å². The summed E-state index contributed by atoms with van der Waals surface area (Å²) in [6.07, 6.45) is 2.77. The number of hydrogen-bond acceptors (Lipinski definition) is 9. The molecule has 2 aromatic rings. The van der Waals surface area contributed by atoms with E-state index in [1.54, 1.807) is 12.1 Å². The third kappa shape index (κ3) is 5.23. The number of nitrogens with one attached hydrogen (secondary N) is 1. The second-order valence-corrected chi connectivity index (χ2v) is 6.34. The number of aromatic nitrogens is 1. The lowest BCUT2D eigenvalue weighted by molar-refractivity contribution is -0.385. The van der Waals surface area contributed by atoms with E-state index in [-0.39, 0.29) is 11.4 Å². The first-order valence-corrected chi connectivity index (χ1v) is 9.10. The van der Waals surface area contributed by atoms with Crippen LogP contribution in [0.15, 0.2) is 23.3 Å². The molecule has 0 saturated carbocycles. The zero-order chi connectivity index (χ0) is 19.8. The van der Waals surface area contributed by atoms with Crippen LogP contribution in [0.25, 0.3) is 0 Å². The lowest BCUT2D eigenvalue weighted by atomic mass is 10.2. The number of carbonyl (C=O) groups is 1. The number of anilines is 1. The Morgan fingerprint density at radius 1 is 1.44 bits per heavy atom. The zero-order valence-corrected chi connectivity index (χ0v) is 16.0. The number of ether oxygens (including phenoxy) is 2. The maximum Gasteiger partial charge on any atom is 0.350 e. The number of nitro groups is 1. The number of nitro benzene ring substituents is 1. The second-order valence-electron chi connectivity index (χ2n) is 5.34. The van der Waals surface area contributed by atoms with E-state index in [4.69, 9.17) is 9.47 Å². The summed E-state index contributed by atoms with van der Waals surface area (Å²) in [7, 11) is 1.31. The number of benzene rings is 1. The minimum absolute atomic E-state index is 0.122. The molecule has 0 spiro atoms. The molecule has 2 rings (SSSR count). The van der Waals surface area contributed by atoms with E-state index < -0.39 is 10.9 Å². The van der Waals surface area contributed by atoms with Crippen molar-refractivity contribution < 1.29 is 19.2 Å². The highest BCUT2D eigenvalue weighted by Crippen LogP contribution is 2.28. The summed E-state index contributed by atoms with van der Waals surface area (Å²) in [5.74, 6) is -0.220. The van der Waals surface area contributed by atoms with Crippen molar-refractivity contribution in [2.45, 2.75) is 26.7 Å². The van der Waals surface area contributed by atoms with Gasteiger partial charge < -0.3 is 9.47 Å². The third-order valence-electron chi connectivity index (χ3n) is 3.42. The number of methoxy groups -OCH3 is 1. The van der Waals surface area contributed by atoms with Crippen molar-refractivity contribution in [3.8, 4) is 5.75 Å². The van der Waals surface area contributed by atoms with Gasteiger partial charge in [-0.1, -0.05) is 25.2 Å². The molecule has 0 unspecified atom stereocenters. The Kier molecular flexibility index (Phi) is 7.24. The lowest BCUT2D eigenvalue weighted by Gasteiger charge is -2.05. The molecule has 27 heavy (non-hydrogen) atoms. The number of carbonyl (C=O) groups excluding carboxylic acids is 1. The SMILES string of the molecule is CCCOc1ccc(/C=N\Nc2nc(CC)c(C(=O)OC)s2)cc1[N+](=O)[O-]. The Labute approximate surface area is 160 Å². The van der Waals surface area contributed by atoms with Crippen molar-refractivity contribution in [2.75, 3.05) is 19.1 Å². The summed E-state index contributed by atoms with van der Waals surface area (Å²) in [4.78, 5) is 27.1. The minimum Gasteiger partial charge on any atom is -0.487 e. The van der Waals surface area contributed by atoms with Crippen LogP contribution in [0.1, 0.15) is 41.2 Å². The van der Waals surface area contributed by atoms with Gasteiger partial charge in [-0.15, -0.1) is 0 Å². The number of hydrogen-bond donors (Lipinski definition) is 1. The number of thiazole rings is 1. The highest BCUT2D eigenvalue weighted by atomic mass is 32.1. The van der Waals surface area contributed by atoms with E-state index in [1.807, 2.05) is 13.8 Å². The topological polar surface area (TPSA) is 116 Å². The Balaban J connectivity index is 2.14. The van der Waals surface area contributed by atoms with Gasteiger partial charge in [-0.2, -0.15) is 5.10 Å². The summed E-state index contributed by atoms with van der Waals surface area (Å²) >= 11 is 1.13. The largest absolute Gasteiger partial charge is 0.487 e. The molecule has 0 amide bonds. The monoisotopic (exact) mass is 392 g/mol. The number of nitrogens with zero attached hydrogens (tertiary/aromatic N) is 3. The van der Waals surface area contributed by atoms with Gasteiger partial charge in [0.05, 0.1) is 30.5 Å². The van der Waals surface area contributed by atoms with E-state index >= 15 is 0 Å². The van der Waals surface area contributed by atoms with E-state index in [2.05, 4.69) is 15.5 Å². The van der Waals surface area contributed by atoms with Gasteiger partial charge in [-0.3, -0.25) is 15.5 Å². The molecule has 0 aliphatic heterocycles. The minimum atomic E-state index is -0.493. The average Bonchev–Trinajstić information content (AvgIpc) is 3.09. The van der Waals surface area contributed by atoms with Crippen molar-refractivity contribution in [3.05, 3.63) is 44.4 Å². The Hall–Kier alpha value is -3.01. The molecule has 1 aromatic carbocycles. The van der Waals surface area contributed by atoms with Gasteiger partial charge in [0, 0.05) is 11.6 Å². The zero-order valence-electron chi connectivity index (χ0n) is 15.2. The van der Waals surface area contributed by atoms with Gasteiger partial charge in [0.25, 0.3) is 0 Å². The quantitative estimate of drug-likeness (QED) is 0.300. The molecule has 0 saturated heterocycles. The normalized spacial score (nSPS) is 10.8.